The molecule has 6 heteroatoms. The largest absolute Gasteiger partial charge is 0.379 e. The zero-order valence-corrected chi connectivity index (χ0v) is 10.8. The summed E-state index contributed by atoms with van der Waals surface area (Å²) in [4.78, 5) is 14.4. The minimum absolute atomic E-state index is 0.0935. The van der Waals surface area contributed by atoms with Crippen LogP contribution in [0.25, 0.3) is 0 Å². The molecule has 20 heavy (non-hydrogen) atoms. The fourth-order valence-corrected chi connectivity index (χ4v) is 1.88. The Morgan fingerprint density at radius 3 is 2.95 bits per heavy atom. The maximum Gasteiger partial charge on any atom is 0.272 e. The molecular formula is C14H12N4O2. The molecule has 0 saturated heterocycles. The van der Waals surface area contributed by atoms with Gasteiger partial charge < -0.3 is 5.32 Å². The molecule has 1 aromatic carbocycles. The molecule has 0 bridgehead atoms. The topological polar surface area (TPSA) is 91.8 Å². The van der Waals surface area contributed by atoms with Crippen LogP contribution in [0.15, 0.2) is 36.7 Å². The Morgan fingerprint density at radius 1 is 1.45 bits per heavy atom. The number of benzene rings is 1. The molecule has 0 saturated carbocycles. The van der Waals surface area contributed by atoms with Crippen LogP contribution in [0.3, 0.4) is 0 Å². The Hall–Kier alpha value is -2.94. The van der Waals surface area contributed by atoms with E-state index in [2.05, 4.69) is 16.4 Å². The van der Waals surface area contributed by atoms with Gasteiger partial charge >= 0.3 is 0 Å². The highest BCUT2D eigenvalue weighted by Gasteiger charge is 2.13. The van der Waals surface area contributed by atoms with Crippen molar-refractivity contribution < 1.29 is 4.92 Å². The van der Waals surface area contributed by atoms with Crippen molar-refractivity contribution in [3.05, 3.63) is 63.5 Å². The van der Waals surface area contributed by atoms with E-state index in [-0.39, 0.29) is 5.69 Å². The predicted molar refractivity (Wildman–Crippen MR) is 74.1 cm³/mol. The number of rotatable bonds is 4. The predicted octanol–water partition coefficient (Wildman–Crippen LogP) is 2.78. The molecule has 1 N–H and O–H groups in total. The molecule has 0 aliphatic heterocycles. The molecule has 0 aliphatic carbocycles. The molecule has 0 unspecified atom stereocenters. The molecule has 2 aromatic rings. The fraction of sp³-hybridized carbons (Fsp3) is 0.143. The molecule has 0 aliphatic rings. The van der Waals surface area contributed by atoms with Crippen molar-refractivity contribution in [3.63, 3.8) is 0 Å². The average molecular weight is 268 g/mol. The van der Waals surface area contributed by atoms with Crippen molar-refractivity contribution in [1.29, 1.82) is 5.26 Å². The standard InChI is InChI=1S/C14H12N4O2/c1-10-12(3-2-4-14(10)18(19)20)8-17-13-9-16-6-5-11(13)7-15/h2-6,9,17H,8H2,1H3. The van der Waals surface area contributed by atoms with Crippen LogP contribution < -0.4 is 5.32 Å². The lowest BCUT2D eigenvalue weighted by Gasteiger charge is -2.10. The van der Waals surface area contributed by atoms with Crippen molar-refractivity contribution >= 4 is 11.4 Å². The van der Waals surface area contributed by atoms with E-state index in [9.17, 15) is 10.1 Å². The first-order valence-corrected chi connectivity index (χ1v) is 5.94. The first-order valence-electron chi connectivity index (χ1n) is 5.94. The summed E-state index contributed by atoms with van der Waals surface area (Å²) in [7, 11) is 0. The SMILES string of the molecule is Cc1c(CNc2cnccc2C#N)cccc1[N+](=O)[O-]. The van der Waals surface area contributed by atoms with E-state index in [1.165, 1.54) is 6.07 Å². The molecule has 2 rings (SSSR count). The van der Waals surface area contributed by atoms with E-state index in [4.69, 9.17) is 5.26 Å². The molecule has 0 fully saturated rings. The van der Waals surface area contributed by atoms with Crippen LogP contribution in [0, 0.1) is 28.4 Å². The molecule has 0 atom stereocenters. The minimum atomic E-state index is -0.399. The minimum Gasteiger partial charge on any atom is -0.379 e. The zero-order chi connectivity index (χ0) is 14.5. The van der Waals surface area contributed by atoms with Crippen LogP contribution in [0.1, 0.15) is 16.7 Å². The van der Waals surface area contributed by atoms with Gasteiger partial charge in [0.2, 0.25) is 0 Å². The van der Waals surface area contributed by atoms with Crippen molar-refractivity contribution in [1.82, 2.24) is 4.98 Å². The van der Waals surface area contributed by atoms with Crippen LogP contribution in [-0.4, -0.2) is 9.91 Å². The number of hydrogen-bond donors (Lipinski definition) is 1. The Morgan fingerprint density at radius 2 is 2.25 bits per heavy atom. The molecule has 1 heterocycles. The van der Waals surface area contributed by atoms with E-state index < -0.39 is 4.92 Å². The average Bonchev–Trinajstić information content (AvgIpc) is 2.46. The highest BCUT2D eigenvalue weighted by molar-refractivity contribution is 5.56. The van der Waals surface area contributed by atoms with Gasteiger partial charge in [-0.15, -0.1) is 0 Å². The van der Waals surface area contributed by atoms with Crippen LogP contribution in [-0.2, 0) is 6.54 Å². The van der Waals surface area contributed by atoms with Gasteiger partial charge in [-0.2, -0.15) is 5.26 Å². The molecular weight excluding hydrogens is 256 g/mol. The van der Waals surface area contributed by atoms with Crippen molar-refractivity contribution in [2.75, 3.05) is 5.32 Å². The lowest BCUT2D eigenvalue weighted by atomic mass is 10.1. The maximum absolute atomic E-state index is 10.9. The second-order valence-corrected chi connectivity index (χ2v) is 4.20. The molecule has 100 valence electrons. The molecule has 0 spiro atoms. The molecule has 1 aromatic heterocycles. The molecule has 0 amide bonds. The monoisotopic (exact) mass is 268 g/mol. The Labute approximate surface area is 115 Å². The van der Waals surface area contributed by atoms with E-state index in [1.54, 1.807) is 31.5 Å². The summed E-state index contributed by atoms with van der Waals surface area (Å²) in [5.74, 6) is 0. The Kier molecular flexibility index (Phi) is 3.91. The van der Waals surface area contributed by atoms with Crippen molar-refractivity contribution in [2.45, 2.75) is 13.5 Å². The summed E-state index contributed by atoms with van der Waals surface area (Å²) in [5.41, 5.74) is 2.62. The van der Waals surface area contributed by atoms with Gasteiger partial charge in [-0.3, -0.25) is 15.1 Å². The van der Waals surface area contributed by atoms with Crippen LogP contribution >= 0.6 is 0 Å². The summed E-state index contributed by atoms with van der Waals surface area (Å²) in [6, 6.07) is 8.62. The highest BCUT2D eigenvalue weighted by Crippen LogP contribution is 2.22. The second kappa shape index (κ2) is 5.80. The number of anilines is 1. The fourth-order valence-electron chi connectivity index (χ4n) is 1.88. The number of aromatic nitrogens is 1. The van der Waals surface area contributed by atoms with Gasteiger partial charge in [0.1, 0.15) is 6.07 Å². The van der Waals surface area contributed by atoms with Gasteiger partial charge in [0.15, 0.2) is 0 Å². The van der Waals surface area contributed by atoms with E-state index in [1.807, 2.05) is 6.07 Å². The van der Waals surface area contributed by atoms with Gasteiger partial charge in [0.05, 0.1) is 22.4 Å². The van der Waals surface area contributed by atoms with Crippen molar-refractivity contribution in [2.24, 2.45) is 0 Å². The lowest BCUT2D eigenvalue weighted by Crippen LogP contribution is -2.04. The number of pyridine rings is 1. The summed E-state index contributed by atoms with van der Waals surface area (Å²) in [6.45, 7) is 2.11. The van der Waals surface area contributed by atoms with Gasteiger partial charge in [0.25, 0.3) is 5.69 Å². The first-order chi connectivity index (χ1) is 9.63. The van der Waals surface area contributed by atoms with Crippen LogP contribution in [0.2, 0.25) is 0 Å². The number of hydrogen-bond acceptors (Lipinski definition) is 5. The summed E-state index contributed by atoms with van der Waals surface area (Å²) < 4.78 is 0. The highest BCUT2D eigenvalue weighted by atomic mass is 16.6. The number of nitriles is 1. The van der Waals surface area contributed by atoms with E-state index in [0.717, 1.165) is 5.56 Å². The summed E-state index contributed by atoms with van der Waals surface area (Å²) >= 11 is 0. The summed E-state index contributed by atoms with van der Waals surface area (Å²) in [6.07, 6.45) is 3.10. The third-order valence-electron chi connectivity index (χ3n) is 3.02. The maximum atomic E-state index is 10.9. The lowest BCUT2D eigenvalue weighted by molar-refractivity contribution is -0.385. The van der Waals surface area contributed by atoms with Gasteiger partial charge in [-0.25, -0.2) is 0 Å². The van der Waals surface area contributed by atoms with E-state index in [0.29, 0.717) is 23.4 Å². The Bertz CT molecular complexity index is 692. The first kappa shape index (κ1) is 13.5. The summed E-state index contributed by atoms with van der Waals surface area (Å²) in [5, 5.41) is 22.9. The normalized spacial score (nSPS) is 9.80. The number of nitro groups is 1. The van der Waals surface area contributed by atoms with Gasteiger partial charge in [-0.05, 0) is 18.6 Å². The van der Waals surface area contributed by atoms with Crippen LogP contribution in [0.4, 0.5) is 11.4 Å². The smallest absolute Gasteiger partial charge is 0.272 e. The molecule has 6 nitrogen and oxygen atoms in total. The van der Waals surface area contributed by atoms with Crippen LogP contribution in [0.5, 0.6) is 0 Å². The number of nitrogens with zero attached hydrogens (tertiary/aromatic N) is 3. The molecule has 0 radical (unpaired) electrons. The Balaban J connectivity index is 2.22. The quantitative estimate of drug-likeness (QED) is 0.680. The zero-order valence-electron chi connectivity index (χ0n) is 10.8. The van der Waals surface area contributed by atoms with Crippen molar-refractivity contribution in [3.8, 4) is 6.07 Å². The third-order valence-corrected chi connectivity index (χ3v) is 3.02. The van der Waals surface area contributed by atoms with Gasteiger partial charge in [-0.1, -0.05) is 12.1 Å². The number of nitro benzene ring substituents is 1. The number of nitrogens with one attached hydrogen (secondary N) is 1. The second-order valence-electron chi connectivity index (χ2n) is 4.20. The van der Waals surface area contributed by atoms with E-state index >= 15 is 0 Å². The van der Waals surface area contributed by atoms with Gasteiger partial charge in [0, 0.05) is 24.4 Å². The third kappa shape index (κ3) is 2.72.